The van der Waals surface area contributed by atoms with Crippen molar-refractivity contribution in [2.24, 2.45) is 0 Å². The van der Waals surface area contributed by atoms with E-state index in [1.165, 1.54) is 12.0 Å². The van der Waals surface area contributed by atoms with Crippen LogP contribution in [0.15, 0.2) is 60.7 Å². The first kappa shape index (κ1) is 22.5. The summed E-state index contributed by atoms with van der Waals surface area (Å²) in [5.41, 5.74) is 2.32. The van der Waals surface area contributed by atoms with Crippen LogP contribution in [0.25, 0.3) is 0 Å². The fourth-order valence-electron chi connectivity index (χ4n) is 5.09. The maximum absolute atomic E-state index is 13.3. The standard InChI is InChI=1S/C25H29N2O3.Pb/c28-24(16-20-11-5-2-6-12-20)27-18-22(17-23(27)25(29)30)26-14-8-7-13-21(26)15-19-9-3-1-4-10-19;/h1-6,9-12,16,21-23H,7-8,13-15,17-18H2,(H,29,30);. The van der Waals surface area contributed by atoms with Crippen LogP contribution in [0.2, 0.25) is 0 Å². The van der Waals surface area contributed by atoms with Crippen LogP contribution in [0.3, 0.4) is 0 Å². The summed E-state index contributed by atoms with van der Waals surface area (Å²) in [6, 6.07) is 20.1. The Morgan fingerprint density at radius 1 is 1.03 bits per heavy atom. The van der Waals surface area contributed by atoms with Gasteiger partial charge >= 0.3 is 201 Å². The van der Waals surface area contributed by atoms with E-state index in [1.54, 1.807) is 4.90 Å². The van der Waals surface area contributed by atoms with Gasteiger partial charge in [-0.1, -0.05) is 0 Å². The zero-order chi connectivity index (χ0) is 21.8. The molecule has 0 aromatic heterocycles. The first-order chi connectivity index (χ1) is 15.0. The van der Waals surface area contributed by atoms with Crippen LogP contribution in [0.1, 0.15) is 40.3 Å². The number of hydrogen-bond donors (Lipinski definition) is 1. The van der Waals surface area contributed by atoms with Gasteiger partial charge in [-0.3, -0.25) is 0 Å². The monoisotopic (exact) mass is 613 g/mol. The summed E-state index contributed by atoms with van der Waals surface area (Å²) in [5.74, 6) is -0.904. The predicted molar refractivity (Wildman–Crippen MR) is 121 cm³/mol. The van der Waals surface area contributed by atoms with E-state index in [4.69, 9.17) is 0 Å². The average molecular weight is 613 g/mol. The molecule has 2 aliphatic heterocycles. The molecule has 161 valence electrons. The number of hydrogen-bond acceptors (Lipinski definition) is 3. The molecule has 2 saturated heterocycles. The van der Waals surface area contributed by atoms with Gasteiger partial charge < -0.3 is 0 Å². The quantitative estimate of drug-likeness (QED) is 0.510. The summed E-state index contributed by atoms with van der Waals surface area (Å²) in [4.78, 5) is 29.6. The van der Waals surface area contributed by atoms with Gasteiger partial charge in [0.05, 0.1) is 0 Å². The number of rotatable bonds is 6. The maximum atomic E-state index is 13.3. The molecule has 0 aliphatic carbocycles. The van der Waals surface area contributed by atoms with Gasteiger partial charge in [0.25, 0.3) is 0 Å². The molecule has 4 unspecified atom stereocenters. The summed E-state index contributed by atoms with van der Waals surface area (Å²) in [5, 5.41) is 9.90. The Hall–Kier alpha value is -1.74. The zero-order valence-corrected chi connectivity index (χ0v) is 21.6. The fraction of sp³-hybridized carbons (Fsp3) is 0.440. The van der Waals surface area contributed by atoms with Gasteiger partial charge in [0.1, 0.15) is 0 Å². The Morgan fingerprint density at radius 3 is 2.39 bits per heavy atom. The fourth-order valence-corrected chi connectivity index (χ4v) is 6.49. The SMILES string of the molecule is O=C(O)C1CC(N2CCCCC2Cc2ccccc2)CN1C(=O)[CH]([Pb])c1ccccc1. The van der Waals surface area contributed by atoms with Crippen molar-refractivity contribution in [2.45, 2.75) is 53.7 Å². The first-order valence-corrected chi connectivity index (χ1v) is 13.4. The van der Waals surface area contributed by atoms with Crippen molar-refractivity contribution >= 4 is 37.6 Å². The van der Waals surface area contributed by atoms with E-state index in [0.29, 0.717) is 44.8 Å². The molecule has 4 atom stereocenters. The van der Waals surface area contributed by atoms with Crippen LogP contribution in [-0.2, 0) is 16.0 Å². The Bertz CT molecular complexity index is 892. The van der Waals surface area contributed by atoms with Crippen LogP contribution >= 0.6 is 0 Å². The van der Waals surface area contributed by atoms with Crippen molar-refractivity contribution in [1.29, 1.82) is 0 Å². The summed E-state index contributed by atoms with van der Waals surface area (Å²) in [6.07, 6.45) is 4.99. The van der Waals surface area contributed by atoms with E-state index in [0.717, 1.165) is 31.4 Å². The molecule has 2 fully saturated rings. The summed E-state index contributed by atoms with van der Waals surface area (Å²) in [7, 11) is 0. The van der Waals surface area contributed by atoms with Crippen molar-refractivity contribution in [1.82, 2.24) is 9.80 Å². The molecule has 3 radical (unpaired) electrons. The average Bonchev–Trinajstić information content (AvgIpc) is 3.25. The van der Waals surface area contributed by atoms with Crippen molar-refractivity contribution in [2.75, 3.05) is 13.1 Å². The number of carboxylic acids is 1. The molecule has 2 aromatic carbocycles. The van der Waals surface area contributed by atoms with Crippen molar-refractivity contribution < 1.29 is 14.7 Å². The number of aliphatic carboxylic acids is 1. The molecular formula is C25H29N2O3Pb. The molecule has 0 saturated carbocycles. The third-order valence-electron chi connectivity index (χ3n) is 6.68. The van der Waals surface area contributed by atoms with Gasteiger partial charge in [0.15, 0.2) is 0 Å². The van der Waals surface area contributed by atoms with Crippen molar-refractivity contribution in [3.05, 3.63) is 71.8 Å². The van der Waals surface area contributed by atoms with Crippen LogP contribution in [0.5, 0.6) is 0 Å². The van der Waals surface area contributed by atoms with E-state index in [9.17, 15) is 14.7 Å². The number of likely N-dealkylation sites (tertiary alicyclic amines) is 2. The molecule has 5 nitrogen and oxygen atoms in total. The topological polar surface area (TPSA) is 60.9 Å². The van der Waals surface area contributed by atoms with E-state index >= 15 is 0 Å². The van der Waals surface area contributed by atoms with E-state index < -0.39 is 12.0 Å². The first-order valence-electron chi connectivity index (χ1n) is 11.1. The second-order valence-electron chi connectivity index (χ2n) is 8.66. The number of piperidine rings is 1. The normalized spacial score (nSPS) is 25.3. The number of carbonyl (C=O) groups is 2. The number of carbonyl (C=O) groups excluding carboxylic acids is 1. The molecule has 6 heteroatoms. The van der Waals surface area contributed by atoms with Crippen LogP contribution in [-0.4, -0.2) is 83.8 Å². The minimum absolute atomic E-state index is 0.0237. The molecule has 1 amide bonds. The van der Waals surface area contributed by atoms with Gasteiger partial charge in [-0.25, -0.2) is 0 Å². The Labute approximate surface area is 200 Å². The molecule has 2 heterocycles. The number of amides is 1. The third-order valence-corrected chi connectivity index (χ3v) is 8.94. The molecule has 0 bridgehead atoms. The van der Waals surface area contributed by atoms with Crippen LogP contribution < -0.4 is 0 Å². The number of carboxylic acid groups (broad SMARTS) is 1. The minimum atomic E-state index is -0.880. The molecule has 1 N–H and O–H groups in total. The Kier molecular flexibility index (Phi) is 7.43. The van der Waals surface area contributed by atoms with Gasteiger partial charge in [0.2, 0.25) is 0 Å². The Balaban J connectivity index is 1.51. The second-order valence-corrected chi connectivity index (χ2v) is 10.9. The molecule has 2 aromatic rings. The number of benzene rings is 2. The van der Waals surface area contributed by atoms with Gasteiger partial charge in [-0.05, 0) is 0 Å². The predicted octanol–water partition coefficient (Wildman–Crippen LogP) is 3.05. The summed E-state index contributed by atoms with van der Waals surface area (Å²) >= 11 is 0.667. The second kappa shape index (κ2) is 10.3. The van der Waals surface area contributed by atoms with Crippen molar-refractivity contribution in [3.63, 3.8) is 0 Å². The summed E-state index contributed by atoms with van der Waals surface area (Å²) < 4.78 is -0.205. The molecular weight excluding hydrogens is 583 g/mol. The molecule has 4 rings (SSSR count). The number of nitrogens with zero attached hydrogens (tertiary/aromatic N) is 2. The molecule has 2 aliphatic rings. The summed E-state index contributed by atoms with van der Waals surface area (Å²) in [6.45, 7) is 1.51. The zero-order valence-electron chi connectivity index (χ0n) is 17.7. The van der Waals surface area contributed by atoms with E-state index in [-0.39, 0.29) is 15.4 Å². The van der Waals surface area contributed by atoms with E-state index in [2.05, 4.69) is 29.2 Å². The van der Waals surface area contributed by atoms with Gasteiger partial charge in [-0.15, -0.1) is 0 Å². The van der Waals surface area contributed by atoms with Crippen LogP contribution in [0, 0.1) is 0 Å². The van der Waals surface area contributed by atoms with Gasteiger partial charge in [0, 0.05) is 0 Å². The molecule has 31 heavy (non-hydrogen) atoms. The molecule has 0 spiro atoms. The van der Waals surface area contributed by atoms with Crippen LogP contribution in [0.4, 0.5) is 0 Å². The third kappa shape index (κ3) is 5.19. The van der Waals surface area contributed by atoms with E-state index in [1.807, 2.05) is 36.4 Å². The van der Waals surface area contributed by atoms with Crippen molar-refractivity contribution in [3.8, 4) is 0 Å². The Morgan fingerprint density at radius 2 is 1.71 bits per heavy atom. The van der Waals surface area contributed by atoms with Gasteiger partial charge in [-0.2, -0.15) is 0 Å².